The average Bonchev–Trinajstić information content (AvgIpc) is 3.41. The summed E-state index contributed by atoms with van der Waals surface area (Å²) in [7, 11) is 0. The lowest BCUT2D eigenvalue weighted by atomic mass is 10.3. The lowest BCUT2D eigenvalue weighted by Gasteiger charge is -2.09. The van der Waals surface area contributed by atoms with Crippen LogP contribution in [0.1, 0.15) is 18.9 Å². The molecular weight excluding hydrogens is 353 g/mol. The molecule has 26 heavy (non-hydrogen) atoms. The molecule has 2 heterocycles. The summed E-state index contributed by atoms with van der Waals surface area (Å²) in [5.74, 6) is 0.477. The molecular formula is C18H16FN5OS. The number of nitrogens with one attached hydrogen (secondary N) is 1. The molecule has 1 aliphatic rings. The number of nitrogens with zero attached hydrogens (tertiary/aromatic N) is 4. The van der Waals surface area contributed by atoms with Crippen molar-refractivity contribution in [3.8, 4) is 11.4 Å². The minimum absolute atomic E-state index is 0.171. The normalized spacial score (nSPS) is 13.6. The van der Waals surface area contributed by atoms with Crippen molar-refractivity contribution < 1.29 is 9.18 Å². The van der Waals surface area contributed by atoms with E-state index in [1.165, 1.54) is 36.0 Å². The summed E-state index contributed by atoms with van der Waals surface area (Å²) in [6.45, 7) is 0. The van der Waals surface area contributed by atoms with Gasteiger partial charge in [0.15, 0.2) is 11.0 Å². The standard InChI is InChI=1S/C18H16FN5OS/c19-13-3-5-14(6-4-13)21-16(25)11-26-18-23-22-17(24(18)15-7-8-15)12-2-1-9-20-10-12/h1-6,9-10,15H,7-8,11H2,(H,21,25). The summed E-state index contributed by atoms with van der Waals surface area (Å²) in [5, 5.41) is 12.0. The number of anilines is 1. The number of thioether (sulfide) groups is 1. The highest BCUT2D eigenvalue weighted by Crippen LogP contribution is 2.40. The Morgan fingerprint density at radius 3 is 2.73 bits per heavy atom. The van der Waals surface area contributed by atoms with Gasteiger partial charge in [0.1, 0.15) is 5.82 Å². The summed E-state index contributed by atoms with van der Waals surface area (Å²) in [5.41, 5.74) is 1.48. The molecule has 1 N–H and O–H groups in total. The highest BCUT2D eigenvalue weighted by Gasteiger charge is 2.30. The first-order valence-electron chi connectivity index (χ1n) is 8.24. The fourth-order valence-corrected chi connectivity index (χ4v) is 3.40. The third-order valence-corrected chi connectivity index (χ3v) is 4.90. The molecule has 2 aromatic heterocycles. The Bertz CT molecular complexity index is 909. The highest BCUT2D eigenvalue weighted by atomic mass is 32.2. The maximum atomic E-state index is 12.9. The monoisotopic (exact) mass is 369 g/mol. The number of hydrogen-bond acceptors (Lipinski definition) is 5. The van der Waals surface area contributed by atoms with Gasteiger partial charge in [0.25, 0.3) is 0 Å². The second-order valence-corrected chi connectivity index (χ2v) is 6.94. The SMILES string of the molecule is O=C(CSc1nnc(-c2cccnc2)n1C1CC1)Nc1ccc(F)cc1. The molecule has 0 bridgehead atoms. The molecule has 0 saturated heterocycles. The number of aromatic nitrogens is 4. The Morgan fingerprint density at radius 2 is 2.04 bits per heavy atom. The van der Waals surface area contributed by atoms with E-state index in [-0.39, 0.29) is 17.5 Å². The van der Waals surface area contributed by atoms with Gasteiger partial charge in [-0.05, 0) is 49.2 Å². The third kappa shape index (κ3) is 3.75. The average molecular weight is 369 g/mol. The molecule has 1 aromatic carbocycles. The Labute approximate surface area is 153 Å². The third-order valence-electron chi connectivity index (χ3n) is 3.96. The van der Waals surface area contributed by atoms with E-state index in [9.17, 15) is 9.18 Å². The topological polar surface area (TPSA) is 72.7 Å². The Kier molecular flexibility index (Phi) is 4.66. The van der Waals surface area contributed by atoms with Crippen molar-refractivity contribution in [1.29, 1.82) is 0 Å². The maximum Gasteiger partial charge on any atom is 0.234 e. The van der Waals surface area contributed by atoms with Gasteiger partial charge in [0, 0.05) is 29.7 Å². The zero-order valence-corrected chi connectivity index (χ0v) is 14.6. The number of carbonyl (C=O) groups excluding carboxylic acids is 1. The largest absolute Gasteiger partial charge is 0.325 e. The summed E-state index contributed by atoms with van der Waals surface area (Å²) in [6, 6.07) is 9.88. The summed E-state index contributed by atoms with van der Waals surface area (Å²) < 4.78 is 15.0. The second-order valence-electron chi connectivity index (χ2n) is 5.99. The molecule has 8 heteroatoms. The lowest BCUT2D eigenvalue weighted by molar-refractivity contribution is -0.113. The van der Waals surface area contributed by atoms with Crippen LogP contribution in [0.4, 0.5) is 10.1 Å². The molecule has 6 nitrogen and oxygen atoms in total. The van der Waals surface area contributed by atoms with Crippen molar-refractivity contribution in [1.82, 2.24) is 19.7 Å². The predicted molar refractivity (Wildman–Crippen MR) is 97.3 cm³/mol. The number of amides is 1. The quantitative estimate of drug-likeness (QED) is 0.673. The molecule has 132 valence electrons. The van der Waals surface area contributed by atoms with Gasteiger partial charge in [-0.15, -0.1) is 10.2 Å². The van der Waals surface area contributed by atoms with Gasteiger partial charge in [-0.3, -0.25) is 14.3 Å². The Hall–Kier alpha value is -2.74. The van der Waals surface area contributed by atoms with E-state index in [0.29, 0.717) is 11.7 Å². The molecule has 1 amide bonds. The number of benzene rings is 1. The van der Waals surface area contributed by atoms with E-state index in [2.05, 4.69) is 25.1 Å². The van der Waals surface area contributed by atoms with Crippen molar-refractivity contribution in [3.63, 3.8) is 0 Å². The zero-order valence-electron chi connectivity index (χ0n) is 13.8. The number of rotatable bonds is 6. The van der Waals surface area contributed by atoms with Gasteiger partial charge < -0.3 is 5.32 Å². The van der Waals surface area contributed by atoms with Gasteiger partial charge in [0.05, 0.1) is 5.75 Å². The summed E-state index contributed by atoms with van der Waals surface area (Å²) >= 11 is 1.34. The van der Waals surface area contributed by atoms with E-state index in [0.717, 1.165) is 29.4 Å². The fraction of sp³-hybridized carbons (Fsp3) is 0.222. The van der Waals surface area contributed by atoms with Gasteiger partial charge in [-0.2, -0.15) is 0 Å². The number of carbonyl (C=O) groups is 1. The van der Waals surface area contributed by atoms with Gasteiger partial charge in [-0.25, -0.2) is 4.39 Å². The molecule has 0 unspecified atom stereocenters. The second kappa shape index (κ2) is 7.25. The lowest BCUT2D eigenvalue weighted by Crippen LogP contribution is -2.14. The molecule has 0 aliphatic heterocycles. The first-order chi connectivity index (χ1) is 12.7. The van der Waals surface area contributed by atoms with Crippen LogP contribution < -0.4 is 5.32 Å². The Balaban J connectivity index is 1.46. The summed E-state index contributed by atoms with van der Waals surface area (Å²) in [6.07, 6.45) is 5.65. The molecule has 4 rings (SSSR count). The van der Waals surface area contributed by atoms with E-state index >= 15 is 0 Å². The molecule has 0 atom stereocenters. The van der Waals surface area contributed by atoms with Gasteiger partial charge >= 0.3 is 0 Å². The zero-order chi connectivity index (χ0) is 17.9. The molecule has 3 aromatic rings. The van der Waals surface area contributed by atoms with E-state index < -0.39 is 0 Å². The van der Waals surface area contributed by atoms with Crippen LogP contribution in [0.15, 0.2) is 53.9 Å². The highest BCUT2D eigenvalue weighted by molar-refractivity contribution is 7.99. The molecule has 1 fully saturated rings. The van der Waals surface area contributed by atoms with E-state index in [1.54, 1.807) is 12.4 Å². The maximum absolute atomic E-state index is 12.9. The molecule has 0 spiro atoms. The van der Waals surface area contributed by atoms with Crippen LogP contribution >= 0.6 is 11.8 Å². The first-order valence-corrected chi connectivity index (χ1v) is 9.23. The van der Waals surface area contributed by atoms with Gasteiger partial charge in [0.2, 0.25) is 5.91 Å². The molecule has 1 saturated carbocycles. The van der Waals surface area contributed by atoms with Crippen molar-refractivity contribution in [2.24, 2.45) is 0 Å². The summed E-state index contributed by atoms with van der Waals surface area (Å²) in [4.78, 5) is 16.3. The van der Waals surface area contributed by atoms with Crippen molar-refractivity contribution in [2.75, 3.05) is 11.1 Å². The van der Waals surface area contributed by atoms with Crippen molar-refractivity contribution >= 4 is 23.4 Å². The number of hydrogen-bond donors (Lipinski definition) is 1. The smallest absolute Gasteiger partial charge is 0.234 e. The van der Waals surface area contributed by atoms with Crippen LogP contribution in [-0.2, 0) is 4.79 Å². The predicted octanol–water partition coefficient (Wildman–Crippen LogP) is 3.54. The van der Waals surface area contributed by atoms with E-state index in [4.69, 9.17) is 0 Å². The van der Waals surface area contributed by atoms with Crippen molar-refractivity contribution in [2.45, 2.75) is 24.0 Å². The minimum atomic E-state index is -0.335. The number of pyridine rings is 1. The van der Waals surface area contributed by atoms with Crippen LogP contribution in [0.25, 0.3) is 11.4 Å². The van der Waals surface area contributed by atoms with Crippen LogP contribution in [0.5, 0.6) is 0 Å². The van der Waals surface area contributed by atoms with Crippen LogP contribution in [0, 0.1) is 5.82 Å². The Morgan fingerprint density at radius 1 is 1.23 bits per heavy atom. The number of halogens is 1. The van der Waals surface area contributed by atoms with Crippen molar-refractivity contribution in [3.05, 3.63) is 54.6 Å². The van der Waals surface area contributed by atoms with Crippen LogP contribution in [0.3, 0.4) is 0 Å². The molecule has 0 radical (unpaired) electrons. The minimum Gasteiger partial charge on any atom is -0.325 e. The van der Waals surface area contributed by atoms with Crippen LogP contribution in [-0.4, -0.2) is 31.4 Å². The fourth-order valence-electron chi connectivity index (χ4n) is 2.59. The molecule has 1 aliphatic carbocycles. The van der Waals surface area contributed by atoms with E-state index in [1.807, 2.05) is 12.1 Å². The first kappa shape index (κ1) is 16.7. The van der Waals surface area contributed by atoms with Gasteiger partial charge in [-0.1, -0.05) is 11.8 Å². The van der Waals surface area contributed by atoms with Crippen LogP contribution in [0.2, 0.25) is 0 Å².